The van der Waals surface area contributed by atoms with Gasteiger partial charge in [-0.25, -0.2) is 0 Å². The van der Waals surface area contributed by atoms with E-state index in [1.165, 1.54) is 7.11 Å². The van der Waals surface area contributed by atoms with Gasteiger partial charge in [-0.1, -0.05) is 13.8 Å². The molecule has 0 amide bonds. The Morgan fingerprint density at radius 3 is 2.05 bits per heavy atom. The van der Waals surface area contributed by atoms with Crippen LogP contribution in [0, 0.1) is 0 Å². The van der Waals surface area contributed by atoms with Crippen molar-refractivity contribution in [1.82, 2.24) is 10.2 Å². The summed E-state index contributed by atoms with van der Waals surface area (Å²) in [6.07, 6.45) is 3.03. The first-order chi connectivity index (χ1) is 9.30. The van der Waals surface area contributed by atoms with Crippen LogP contribution in [0.5, 0.6) is 0 Å². The summed E-state index contributed by atoms with van der Waals surface area (Å²) in [5.74, 6) is -0.175. The molecule has 0 bridgehead atoms. The summed E-state index contributed by atoms with van der Waals surface area (Å²) >= 11 is 0. The van der Waals surface area contributed by atoms with Gasteiger partial charge in [0.15, 0.2) is 0 Å². The first-order valence-electron chi connectivity index (χ1n) is 7.90. The second-order valence-electron chi connectivity index (χ2n) is 6.21. The van der Waals surface area contributed by atoms with Crippen molar-refractivity contribution in [2.45, 2.75) is 78.4 Å². The van der Waals surface area contributed by atoms with Crippen LogP contribution < -0.4 is 5.32 Å². The van der Waals surface area contributed by atoms with Crippen molar-refractivity contribution in [3.05, 3.63) is 0 Å². The van der Waals surface area contributed by atoms with Crippen molar-refractivity contribution in [3.63, 3.8) is 0 Å². The summed E-state index contributed by atoms with van der Waals surface area (Å²) < 4.78 is 5.00. The molecule has 120 valence electrons. The smallest absolute Gasteiger partial charge is 0.325 e. The molecule has 0 fully saturated rings. The van der Waals surface area contributed by atoms with Crippen molar-refractivity contribution in [3.8, 4) is 0 Å². The predicted octanol–water partition coefficient (Wildman–Crippen LogP) is 2.82. The summed E-state index contributed by atoms with van der Waals surface area (Å²) in [5.41, 5.74) is -0.623. The molecule has 2 atom stereocenters. The Hall–Kier alpha value is -0.610. The third-order valence-electron chi connectivity index (χ3n) is 3.59. The number of ether oxygens (including phenoxy) is 1. The number of methoxy groups -OCH3 is 1. The van der Waals surface area contributed by atoms with Crippen molar-refractivity contribution in [2.75, 3.05) is 20.2 Å². The van der Waals surface area contributed by atoms with Crippen LogP contribution in [-0.4, -0.2) is 48.7 Å². The lowest BCUT2D eigenvalue weighted by atomic mass is 9.91. The van der Waals surface area contributed by atoms with Gasteiger partial charge in [-0.15, -0.1) is 0 Å². The van der Waals surface area contributed by atoms with Crippen molar-refractivity contribution in [2.24, 2.45) is 0 Å². The molecule has 0 aromatic heterocycles. The van der Waals surface area contributed by atoms with E-state index in [0.717, 1.165) is 32.4 Å². The standard InChI is InChI=1S/C16H34N2O2/c1-8-10-18(11-9-2)14(5)12-16(6,15(19)20-7)17-13(3)4/h13-14,17H,8-12H2,1-7H3. The molecular formula is C16H34N2O2. The number of esters is 1. The molecule has 0 aliphatic carbocycles. The number of nitrogens with zero attached hydrogens (tertiary/aromatic N) is 1. The van der Waals surface area contributed by atoms with Crippen molar-refractivity contribution < 1.29 is 9.53 Å². The molecule has 4 heteroatoms. The third-order valence-corrected chi connectivity index (χ3v) is 3.59. The van der Waals surface area contributed by atoms with Gasteiger partial charge in [0, 0.05) is 12.1 Å². The molecular weight excluding hydrogens is 252 g/mol. The number of carbonyl (C=O) groups is 1. The Kier molecular flexibility index (Phi) is 9.06. The Labute approximate surface area is 125 Å². The first kappa shape index (κ1) is 19.4. The maximum Gasteiger partial charge on any atom is 0.325 e. The average molecular weight is 286 g/mol. The molecule has 2 unspecified atom stereocenters. The van der Waals surface area contributed by atoms with Gasteiger partial charge in [-0.3, -0.25) is 10.1 Å². The molecule has 0 saturated carbocycles. The molecule has 0 saturated heterocycles. The maximum atomic E-state index is 12.1. The number of hydrogen-bond acceptors (Lipinski definition) is 4. The predicted molar refractivity (Wildman–Crippen MR) is 84.9 cm³/mol. The van der Waals surface area contributed by atoms with E-state index in [0.29, 0.717) is 6.04 Å². The van der Waals surface area contributed by atoms with Gasteiger partial charge in [0.25, 0.3) is 0 Å². The van der Waals surface area contributed by atoms with Gasteiger partial charge in [0.05, 0.1) is 7.11 Å². The minimum atomic E-state index is -0.623. The van der Waals surface area contributed by atoms with E-state index in [4.69, 9.17) is 4.74 Å². The lowest BCUT2D eigenvalue weighted by Crippen LogP contribution is -2.56. The van der Waals surface area contributed by atoms with Gasteiger partial charge in [-0.2, -0.15) is 0 Å². The number of rotatable bonds is 10. The Balaban J connectivity index is 4.89. The van der Waals surface area contributed by atoms with Crippen LogP contribution in [0.1, 0.15) is 60.8 Å². The minimum Gasteiger partial charge on any atom is -0.468 e. The van der Waals surface area contributed by atoms with E-state index >= 15 is 0 Å². The molecule has 0 radical (unpaired) electrons. The van der Waals surface area contributed by atoms with Crippen LogP contribution in [-0.2, 0) is 9.53 Å². The summed E-state index contributed by atoms with van der Waals surface area (Å²) in [4.78, 5) is 14.6. The van der Waals surface area contributed by atoms with Crippen molar-refractivity contribution >= 4 is 5.97 Å². The second-order valence-corrected chi connectivity index (χ2v) is 6.21. The second kappa shape index (κ2) is 9.35. The summed E-state index contributed by atoms with van der Waals surface area (Å²) in [5, 5.41) is 3.38. The molecule has 0 aromatic rings. The first-order valence-corrected chi connectivity index (χ1v) is 7.90. The lowest BCUT2D eigenvalue weighted by Gasteiger charge is -2.37. The Morgan fingerprint density at radius 1 is 1.20 bits per heavy atom. The molecule has 0 aromatic carbocycles. The van der Waals surface area contributed by atoms with Gasteiger partial charge in [0.2, 0.25) is 0 Å². The summed E-state index contributed by atoms with van der Waals surface area (Å²) in [6, 6.07) is 0.599. The SMILES string of the molecule is CCCN(CCC)C(C)CC(C)(NC(C)C)C(=O)OC. The molecule has 0 heterocycles. The normalized spacial score (nSPS) is 16.2. The van der Waals surface area contributed by atoms with E-state index in [1.807, 2.05) is 6.92 Å². The zero-order chi connectivity index (χ0) is 15.8. The number of hydrogen-bond donors (Lipinski definition) is 1. The highest BCUT2D eigenvalue weighted by Gasteiger charge is 2.37. The fourth-order valence-electron chi connectivity index (χ4n) is 2.91. The third kappa shape index (κ3) is 6.23. The molecule has 0 rings (SSSR count). The number of carbonyl (C=O) groups excluding carboxylic acids is 1. The molecule has 0 aliphatic heterocycles. The zero-order valence-electron chi connectivity index (χ0n) is 14.5. The maximum absolute atomic E-state index is 12.1. The van der Waals surface area contributed by atoms with E-state index in [2.05, 4.69) is 44.8 Å². The highest BCUT2D eigenvalue weighted by Crippen LogP contribution is 2.19. The average Bonchev–Trinajstić information content (AvgIpc) is 2.36. The lowest BCUT2D eigenvalue weighted by molar-refractivity contribution is -0.149. The van der Waals surface area contributed by atoms with E-state index in [-0.39, 0.29) is 12.0 Å². The van der Waals surface area contributed by atoms with E-state index < -0.39 is 5.54 Å². The fourth-order valence-corrected chi connectivity index (χ4v) is 2.91. The molecule has 1 N–H and O–H groups in total. The van der Waals surface area contributed by atoms with Crippen LogP contribution in [0.4, 0.5) is 0 Å². The van der Waals surface area contributed by atoms with Gasteiger partial charge >= 0.3 is 5.97 Å². The summed E-state index contributed by atoms with van der Waals surface area (Å²) in [6.45, 7) is 14.8. The van der Waals surface area contributed by atoms with Crippen LogP contribution >= 0.6 is 0 Å². The van der Waals surface area contributed by atoms with E-state index in [1.54, 1.807) is 0 Å². The van der Waals surface area contributed by atoms with Crippen LogP contribution in [0.15, 0.2) is 0 Å². The molecule has 0 aliphatic rings. The fraction of sp³-hybridized carbons (Fsp3) is 0.938. The number of nitrogens with one attached hydrogen (secondary N) is 1. The highest BCUT2D eigenvalue weighted by molar-refractivity contribution is 5.80. The van der Waals surface area contributed by atoms with Gasteiger partial charge in [-0.05, 0) is 60.0 Å². The van der Waals surface area contributed by atoms with Crippen LogP contribution in [0.2, 0.25) is 0 Å². The Bertz CT molecular complexity index is 276. The summed E-state index contributed by atoms with van der Waals surface area (Å²) in [7, 11) is 1.46. The van der Waals surface area contributed by atoms with Crippen molar-refractivity contribution in [1.29, 1.82) is 0 Å². The Morgan fingerprint density at radius 2 is 1.70 bits per heavy atom. The highest BCUT2D eigenvalue weighted by atomic mass is 16.5. The van der Waals surface area contributed by atoms with Crippen LogP contribution in [0.3, 0.4) is 0 Å². The monoisotopic (exact) mass is 286 g/mol. The largest absolute Gasteiger partial charge is 0.468 e. The topological polar surface area (TPSA) is 41.6 Å². The van der Waals surface area contributed by atoms with Gasteiger partial charge in [0.1, 0.15) is 5.54 Å². The van der Waals surface area contributed by atoms with Crippen LogP contribution in [0.25, 0.3) is 0 Å². The minimum absolute atomic E-state index is 0.175. The quantitative estimate of drug-likeness (QED) is 0.627. The van der Waals surface area contributed by atoms with Gasteiger partial charge < -0.3 is 9.64 Å². The zero-order valence-corrected chi connectivity index (χ0v) is 14.5. The van der Waals surface area contributed by atoms with E-state index in [9.17, 15) is 4.79 Å². The molecule has 20 heavy (non-hydrogen) atoms. The molecule has 0 spiro atoms. The molecule has 4 nitrogen and oxygen atoms in total.